The highest BCUT2D eigenvalue weighted by atomic mass is 32.2. The molecule has 0 saturated carbocycles. The Labute approximate surface area is 177 Å². The van der Waals surface area contributed by atoms with Crippen molar-refractivity contribution in [3.8, 4) is 17.2 Å². The topological polar surface area (TPSA) is 75.9 Å². The lowest BCUT2D eigenvalue weighted by molar-refractivity contribution is 0.179. The lowest BCUT2D eigenvalue weighted by Gasteiger charge is -2.33. The van der Waals surface area contributed by atoms with E-state index < -0.39 is 10.0 Å². The number of ether oxygens (including phenoxy) is 1. The van der Waals surface area contributed by atoms with E-state index in [0.29, 0.717) is 49.3 Å². The number of rotatable bonds is 6. The van der Waals surface area contributed by atoms with Crippen LogP contribution in [-0.2, 0) is 16.6 Å². The number of nitrogens with zero attached hydrogens (tertiary/aromatic N) is 3. The Morgan fingerprint density at radius 1 is 1.00 bits per heavy atom. The second-order valence-corrected chi connectivity index (χ2v) is 9.15. The number of para-hydroxylation sites is 1. The molecular weight excluding hydrogens is 402 g/mol. The van der Waals surface area contributed by atoms with Gasteiger partial charge in [-0.05, 0) is 31.2 Å². The molecule has 2 heterocycles. The van der Waals surface area contributed by atoms with Crippen molar-refractivity contribution in [2.45, 2.75) is 18.4 Å². The van der Waals surface area contributed by atoms with Crippen LogP contribution in [0.25, 0.3) is 11.5 Å². The van der Waals surface area contributed by atoms with Crippen molar-refractivity contribution in [1.29, 1.82) is 0 Å². The number of hydrogen-bond donors (Lipinski definition) is 0. The number of aromatic nitrogens is 1. The van der Waals surface area contributed by atoms with E-state index in [4.69, 9.17) is 9.15 Å². The summed E-state index contributed by atoms with van der Waals surface area (Å²) in [6.45, 7) is 4.70. The van der Waals surface area contributed by atoms with Gasteiger partial charge in [-0.25, -0.2) is 13.4 Å². The third-order valence-electron chi connectivity index (χ3n) is 5.32. The van der Waals surface area contributed by atoms with Crippen molar-refractivity contribution in [3.05, 3.63) is 66.1 Å². The SMILES string of the molecule is COc1ccccc1-c1nc(CN2CCN(S(=O)(=O)c3ccccc3)CC2)c(C)o1. The summed E-state index contributed by atoms with van der Waals surface area (Å²) in [7, 11) is -1.82. The number of oxazole rings is 1. The Kier molecular flexibility index (Phi) is 5.90. The Morgan fingerprint density at radius 2 is 1.67 bits per heavy atom. The molecule has 1 aromatic heterocycles. The molecule has 1 aliphatic heterocycles. The Morgan fingerprint density at radius 3 is 2.37 bits per heavy atom. The van der Waals surface area contributed by atoms with Gasteiger partial charge in [0.1, 0.15) is 11.5 Å². The minimum atomic E-state index is -3.45. The van der Waals surface area contributed by atoms with Gasteiger partial charge in [0, 0.05) is 32.7 Å². The van der Waals surface area contributed by atoms with Crippen molar-refractivity contribution in [3.63, 3.8) is 0 Å². The van der Waals surface area contributed by atoms with Crippen LogP contribution in [0.3, 0.4) is 0 Å². The Bertz CT molecular complexity index is 1100. The molecule has 0 aliphatic carbocycles. The molecule has 1 saturated heterocycles. The van der Waals surface area contributed by atoms with Crippen LogP contribution in [0.1, 0.15) is 11.5 Å². The first kappa shape index (κ1) is 20.6. The van der Waals surface area contributed by atoms with Gasteiger partial charge in [0.05, 0.1) is 23.3 Å². The van der Waals surface area contributed by atoms with Crippen LogP contribution in [0.4, 0.5) is 0 Å². The summed E-state index contributed by atoms with van der Waals surface area (Å²) in [6.07, 6.45) is 0. The van der Waals surface area contributed by atoms with Gasteiger partial charge in [-0.3, -0.25) is 4.90 Å². The van der Waals surface area contributed by atoms with Gasteiger partial charge in [0.15, 0.2) is 0 Å². The summed E-state index contributed by atoms with van der Waals surface area (Å²) < 4.78 is 38.4. The van der Waals surface area contributed by atoms with E-state index >= 15 is 0 Å². The normalized spacial score (nSPS) is 15.9. The number of piperazine rings is 1. The maximum Gasteiger partial charge on any atom is 0.243 e. The van der Waals surface area contributed by atoms with E-state index in [1.807, 2.05) is 37.3 Å². The standard InChI is InChI=1S/C22H25N3O4S/c1-17-20(23-22(29-17)19-10-6-7-11-21(19)28-2)16-24-12-14-25(15-13-24)30(26,27)18-8-4-3-5-9-18/h3-11H,12-16H2,1-2H3. The van der Waals surface area contributed by atoms with Crippen molar-refractivity contribution < 1.29 is 17.6 Å². The maximum atomic E-state index is 12.8. The van der Waals surface area contributed by atoms with Crippen molar-refractivity contribution in [2.75, 3.05) is 33.3 Å². The zero-order valence-corrected chi connectivity index (χ0v) is 17.9. The van der Waals surface area contributed by atoms with Gasteiger partial charge in [0.25, 0.3) is 0 Å². The number of sulfonamides is 1. The molecule has 0 spiro atoms. The quantitative estimate of drug-likeness (QED) is 0.602. The van der Waals surface area contributed by atoms with E-state index in [0.717, 1.165) is 17.0 Å². The molecule has 0 unspecified atom stereocenters. The zero-order chi connectivity index (χ0) is 21.1. The van der Waals surface area contributed by atoms with Gasteiger partial charge < -0.3 is 9.15 Å². The fourth-order valence-electron chi connectivity index (χ4n) is 3.59. The molecule has 4 rings (SSSR count). The molecular formula is C22H25N3O4S. The van der Waals surface area contributed by atoms with Crippen molar-refractivity contribution >= 4 is 10.0 Å². The van der Waals surface area contributed by atoms with Gasteiger partial charge >= 0.3 is 0 Å². The average Bonchev–Trinajstić information content (AvgIpc) is 3.14. The minimum absolute atomic E-state index is 0.340. The number of hydrogen-bond acceptors (Lipinski definition) is 6. The fraction of sp³-hybridized carbons (Fsp3) is 0.318. The number of benzene rings is 2. The van der Waals surface area contributed by atoms with E-state index in [9.17, 15) is 8.42 Å². The summed E-state index contributed by atoms with van der Waals surface area (Å²) in [4.78, 5) is 7.22. The summed E-state index contributed by atoms with van der Waals surface area (Å²) in [5, 5.41) is 0. The van der Waals surface area contributed by atoms with Crippen LogP contribution in [0, 0.1) is 6.92 Å². The molecule has 2 aromatic carbocycles. The highest BCUT2D eigenvalue weighted by molar-refractivity contribution is 7.89. The summed E-state index contributed by atoms with van der Waals surface area (Å²) >= 11 is 0. The van der Waals surface area contributed by atoms with E-state index in [1.54, 1.807) is 35.7 Å². The molecule has 3 aromatic rings. The molecule has 0 radical (unpaired) electrons. The average molecular weight is 428 g/mol. The lowest BCUT2D eigenvalue weighted by atomic mass is 10.2. The predicted octanol–water partition coefficient (Wildman–Crippen LogP) is 3.17. The number of aryl methyl sites for hydroxylation is 1. The van der Waals surface area contributed by atoms with Crippen molar-refractivity contribution in [1.82, 2.24) is 14.2 Å². The van der Waals surface area contributed by atoms with Gasteiger partial charge in [-0.1, -0.05) is 30.3 Å². The van der Waals surface area contributed by atoms with Crippen LogP contribution in [-0.4, -0.2) is 55.9 Å². The van der Waals surface area contributed by atoms with Crippen molar-refractivity contribution in [2.24, 2.45) is 0 Å². The first-order valence-corrected chi connectivity index (χ1v) is 11.3. The summed E-state index contributed by atoms with van der Waals surface area (Å²) in [6, 6.07) is 16.2. The predicted molar refractivity (Wildman–Crippen MR) is 114 cm³/mol. The maximum absolute atomic E-state index is 12.8. The van der Waals surface area contributed by atoms with E-state index in [1.165, 1.54) is 0 Å². The first-order valence-electron chi connectivity index (χ1n) is 9.86. The third-order valence-corrected chi connectivity index (χ3v) is 7.23. The number of methoxy groups -OCH3 is 1. The largest absolute Gasteiger partial charge is 0.496 e. The molecule has 1 fully saturated rings. The zero-order valence-electron chi connectivity index (χ0n) is 17.1. The highest BCUT2D eigenvalue weighted by Crippen LogP contribution is 2.30. The molecule has 7 nitrogen and oxygen atoms in total. The second kappa shape index (κ2) is 8.59. The van der Waals surface area contributed by atoms with E-state index in [2.05, 4.69) is 9.88 Å². The first-order chi connectivity index (χ1) is 14.5. The molecule has 0 N–H and O–H groups in total. The monoisotopic (exact) mass is 427 g/mol. The van der Waals surface area contributed by atoms with Gasteiger partial charge in [-0.15, -0.1) is 0 Å². The summed E-state index contributed by atoms with van der Waals surface area (Å²) in [5.74, 6) is 2.01. The smallest absolute Gasteiger partial charge is 0.243 e. The third kappa shape index (κ3) is 4.12. The van der Waals surface area contributed by atoms with Crippen LogP contribution in [0.15, 0.2) is 63.9 Å². The fourth-order valence-corrected chi connectivity index (χ4v) is 5.04. The molecule has 30 heavy (non-hydrogen) atoms. The highest BCUT2D eigenvalue weighted by Gasteiger charge is 2.29. The molecule has 158 valence electrons. The van der Waals surface area contributed by atoms with Crippen LogP contribution in [0.5, 0.6) is 5.75 Å². The molecule has 0 atom stereocenters. The molecule has 1 aliphatic rings. The van der Waals surface area contributed by atoms with Crippen LogP contribution >= 0.6 is 0 Å². The molecule has 0 amide bonds. The van der Waals surface area contributed by atoms with Crippen LogP contribution in [0.2, 0.25) is 0 Å². The lowest BCUT2D eigenvalue weighted by Crippen LogP contribution is -2.48. The minimum Gasteiger partial charge on any atom is -0.496 e. The van der Waals surface area contributed by atoms with Gasteiger partial charge in [0.2, 0.25) is 15.9 Å². The Balaban J connectivity index is 1.43. The van der Waals surface area contributed by atoms with Gasteiger partial charge in [-0.2, -0.15) is 4.31 Å². The van der Waals surface area contributed by atoms with Crippen LogP contribution < -0.4 is 4.74 Å². The second-order valence-electron chi connectivity index (χ2n) is 7.22. The summed E-state index contributed by atoms with van der Waals surface area (Å²) in [5.41, 5.74) is 1.67. The molecule has 8 heteroatoms. The Hall–Kier alpha value is -2.68. The van der Waals surface area contributed by atoms with E-state index in [-0.39, 0.29) is 0 Å². The molecule has 0 bridgehead atoms.